The van der Waals surface area contributed by atoms with Gasteiger partial charge in [-0.1, -0.05) is 12.1 Å². The van der Waals surface area contributed by atoms with Crippen molar-refractivity contribution in [3.63, 3.8) is 0 Å². The van der Waals surface area contributed by atoms with Gasteiger partial charge in [-0.15, -0.1) is 5.10 Å². The number of carboxylic acids is 1. The molecular formula is C21H29N5O6. The molecule has 0 bridgehead atoms. The van der Waals surface area contributed by atoms with Crippen LogP contribution in [-0.4, -0.2) is 74.5 Å². The molecule has 0 radical (unpaired) electrons. The summed E-state index contributed by atoms with van der Waals surface area (Å²) >= 11 is 0. The summed E-state index contributed by atoms with van der Waals surface area (Å²) in [5.74, 6) is -0.414. The Hall–Kier alpha value is -3.21. The number of aromatic nitrogens is 4. The minimum absolute atomic E-state index is 0.0172. The molecule has 0 saturated carbocycles. The molecule has 1 aliphatic rings. The van der Waals surface area contributed by atoms with Crippen LogP contribution in [0.25, 0.3) is 11.4 Å². The smallest absolute Gasteiger partial charge is 0.409 e. The van der Waals surface area contributed by atoms with E-state index in [1.807, 2.05) is 13.8 Å². The fourth-order valence-corrected chi connectivity index (χ4v) is 3.43. The van der Waals surface area contributed by atoms with Crippen LogP contribution in [0.5, 0.6) is 5.75 Å². The monoisotopic (exact) mass is 447 g/mol. The van der Waals surface area contributed by atoms with Crippen molar-refractivity contribution in [1.29, 1.82) is 0 Å². The topological polar surface area (TPSA) is 129 Å². The maximum atomic E-state index is 12.1. The van der Waals surface area contributed by atoms with Crippen molar-refractivity contribution in [3.8, 4) is 17.1 Å². The molecule has 2 atom stereocenters. The maximum Gasteiger partial charge on any atom is 0.409 e. The summed E-state index contributed by atoms with van der Waals surface area (Å²) in [5.41, 5.74) is 2.35. The van der Waals surface area contributed by atoms with Crippen LogP contribution in [0, 0.1) is 6.92 Å². The molecular weight excluding hydrogens is 418 g/mol. The van der Waals surface area contributed by atoms with E-state index in [9.17, 15) is 9.59 Å². The molecule has 1 aliphatic heterocycles. The van der Waals surface area contributed by atoms with Crippen LogP contribution >= 0.6 is 0 Å². The lowest BCUT2D eigenvalue weighted by molar-refractivity contribution is -0.156. The molecule has 0 unspecified atom stereocenters. The SMILES string of the molecule is CCCN(C)C(=O)OCc1c(-c2ccc(O[C@H]3CCO[C@H](C(=O)O)C3)c(C)n2)nnn1C. The standard InChI is InChI=1S/C21H29N5O6/c1-5-9-25(3)21(29)31-12-16-19(23-24-26(16)4)15-6-7-17(13(2)22-15)32-14-8-10-30-18(11-14)20(27)28/h6-7,14,18H,5,8-12H2,1-4H3,(H,27,28)/t14-,18-/m0/s1. The largest absolute Gasteiger partial charge is 0.488 e. The third-order valence-electron chi connectivity index (χ3n) is 5.23. The molecule has 1 saturated heterocycles. The molecule has 0 aromatic carbocycles. The van der Waals surface area contributed by atoms with Gasteiger partial charge in [0.1, 0.15) is 29.8 Å². The molecule has 3 heterocycles. The number of rotatable bonds is 8. The van der Waals surface area contributed by atoms with Gasteiger partial charge in [0.05, 0.1) is 18.0 Å². The number of pyridine rings is 1. The molecule has 1 N–H and O–H groups in total. The predicted molar refractivity (Wildman–Crippen MR) is 113 cm³/mol. The summed E-state index contributed by atoms with van der Waals surface area (Å²) in [6.45, 7) is 4.76. The minimum atomic E-state index is -0.986. The van der Waals surface area contributed by atoms with Gasteiger partial charge in [-0.2, -0.15) is 0 Å². The van der Waals surface area contributed by atoms with E-state index in [0.29, 0.717) is 48.1 Å². The van der Waals surface area contributed by atoms with Gasteiger partial charge in [0.25, 0.3) is 0 Å². The Kier molecular flexibility index (Phi) is 7.62. The first-order valence-electron chi connectivity index (χ1n) is 10.6. The van der Waals surface area contributed by atoms with Crippen LogP contribution in [-0.2, 0) is 27.9 Å². The first-order valence-corrected chi connectivity index (χ1v) is 10.6. The number of amides is 1. The highest BCUT2D eigenvalue weighted by Crippen LogP contribution is 2.27. The second-order valence-corrected chi connectivity index (χ2v) is 7.73. The zero-order valence-corrected chi connectivity index (χ0v) is 18.8. The van der Waals surface area contributed by atoms with E-state index in [4.69, 9.17) is 19.3 Å². The van der Waals surface area contributed by atoms with Crippen molar-refractivity contribution in [2.24, 2.45) is 7.05 Å². The van der Waals surface area contributed by atoms with Crippen LogP contribution in [0.15, 0.2) is 12.1 Å². The highest BCUT2D eigenvalue weighted by molar-refractivity contribution is 5.72. The highest BCUT2D eigenvalue weighted by Gasteiger charge is 2.29. The number of ether oxygens (including phenoxy) is 3. The number of nitrogens with zero attached hydrogens (tertiary/aromatic N) is 5. The van der Waals surface area contributed by atoms with Gasteiger partial charge in [-0.25, -0.2) is 19.3 Å². The van der Waals surface area contributed by atoms with Crippen molar-refractivity contribution in [1.82, 2.24) is 24.9 Å². The van der Waals surface area contributed by atoms with Crippen molar-refractivity contribution in [2.45, 2.75) is 51.9 Å². The van der Waals surface area contributed by atoms with Crippen LogP contribution < -0.4 is 4.74 Å². The van der Waals surface area contributed by atoms with Gasteiger partial charge in [0.2, 0.25) is 0 Å². The number of carbonyl (C=O) groups is 2. The summed E-state index contributed by atoms with van der Waals surface area (Å²) in [6.07, 6.45) is 0.195. The van der Waals surface area contributed by atoms with E-state index < -0.39 is 18.2 Å². The quantitative estimate of drug-likeness (QED) is 0.647. The van der Waals surface area contributed by atoms with Crippen molar-refractivity contribution in [3.05, 3.63) is 23.5 Å². The molecule has 3 rings (SSSR count). The van der Waals surface area contributed by atoms with Gasteiger partial charge >= 0.3 is 12.1 Å². The van der Waals surface area contributed by atoms with E-state index in [2.05, 4.69) is 15.3 Å². The second kappa shape index (κ2) is 10.4. The molecule has 32 heavy (non-hydrogen) atoms. The van der Waals surface area contributed by atoms with Gasteiger partial charge in [-0.3, -0.25) is 0 Å². The number of aliphatic carboxylic acids is 1. The van der Waals surface area contributed by atoms with E-state index in [0.717, 1.165) is 6.42 Å². The Bertz CT molecular complexity index is 962. The van der Waals surface area contributed by atoms with Crippen LogP contribution in [0.1, 0.15) is 37.6 Å². The Morgan fingerprint density at radius 3 is 2.84 bits per heavy atom. The summed E-state index contributed by atoms with van der Waals surface area (Å²) in [4.78, 5) is 29.4. The summed E-state index contributed by atoms with van der Waals surface area (Å²) in [6, 6.07) is 3.54. The van der Waals surface area contributed by atoms with E-state index in [-0.39, 0.29) is 19.1 Å². The molecule has 1 amide bonds. The minimum Gasteiger partial charge on any atom is -0.488 e. The number of carboxylic acid groups (broad SMARTS) is 1. The predicted octanol–water partition coefficient (Wildman–Crippen LogP) is 2.17. The summed E-state index contributed by atoms with van der Waals surface area (Å²) in [5, 5.41) is 17.4. The third-order valence-corrected chi connectivity index (χ3v) is 5.23. The Morgan fingerprint density at radius 2 is 2.16 bits per heavy atom. The molecule has 2 aromatic rings. The lowest BCUT2D eigenvalue weighted by Gasteiger charge is -2.28. The van der Waals surface area contributed by atoms with Crippen LogP contribution in [0.3, 0.4) is 0 Å². The lowest BCUT2D eigenvalue weighted by atomic mass is 10.1. The average Bonchev–Trinajstić information content (AvgIpc) is 3.14. The lowest BCUT2D eigenvalue weighted by Crippen LogP contribution is -2.37. The average molecular weight is 447 g/mol. The maximum absolute atomic E-state index is 12.1. The van der Waals surface area contributed by atoms with E-state index in [1.54, 1.807) is 30.9 Å². The summed E-state index contributed by atoms with van der Waals surface area (Å²) < 4.78 is 18.2. The van der Waals surface area contributed by atoms with Gasteiger partial charge < -0.3 is 24.2 Å². The fraction of sp³-hybridized carbons (Fsp3) is 0.571. The first kappa shape index (κ1) is 23.5. The number of hydrogen-bond donors (Lipinski definition) is 1. The highest BCUT2D eigenvalue weighted by atomic mass is 16.6. The van der Waals surface area contributed by atoms with Crippen molar-refractivity contribution < 1.29 is 28.9 Å². The fourth-order valence-electron chi connectivity index (χ4n) is 3.43. The number of hydrogen-bond acceptors (Lipinski definition) is 8. The number of carbonyl (C=O) groups excluding carboxylic acids is 1. The van der Waals surface area contributed by atoms with Crippen LogP contribution in [0.4, 0.5) is 4.79 Å². The van der Waals surface area contributed by atoms with Crippen molar-refractivity contribution >= 4 is 12.1 Å². The molecule has 0 aliphatic carbocycles. The Balaban J connectivity index is 1.71. The molecule has 2 aromatic heterocycles. The zero-order valence-electron chi connectivity index (χ0n) is 18.8. The summed E-state index contributed by atoms with van der Waals surface area (Å²) in [7, 11) is 3.42. The molecule has 174 valence electrons. The third kappa shape index (κ3) is 5.52. The van der Waals surface area contributed by atoms with Gasteiger partial charge in [-0.05, 0) is 25.5 Å². The van der Waals surface area contributed by atoms with E-state index >= 15 is 0 Å². The Labute approximate surface area is 186 Å². The molecule has 0 spiro atoms. The molecule has 1 fully saturated rings. The molecule has 11 nitrogen and oxygen atoms in total. The second-order valence-electron chi connectivity index (χ2n) is 7.73. The normalized spacial score (nSPS) is 18.2. The zero-order chi connectivity index (χ0) is 23.3. The Morgan fingerprint density at radius 1 is 1.38 bits per heavy atom. The van der Waals surface area contributed by atoms with Gasteiger partial charge in [0.15, 0.2) is 6.10 Å². The van der Waals surface area contributed by atoms with Crippen LogP contribution in [0.2, 0.25) is 0 Å². The van der Waals surface area contributed by atoms with Gasteiger partial charge in [0, 0.05) is 33.5 Å². The van der Waals surface area contributed by atoms with Crippen molar-refractivity contribution in [2.75, 3.05) is 20.2 Å². The first-order chi connectivity index (χ1) is 15.3. The molecule has 11 heteroatoms. The van der Waals surface area contributed by atoms with E-state index in [1.165, 1.54) is 4.90 Å². The number of aryl methyl sites for hydroxylation is 2.